The van der Waals surface area contributed by atoms with Crippen molar-refractivity contribution in [3.63, 3.8) is 0 Å². The topological polar surface area (TPSA) is 184 Å². The molecule has 0 aromatic rings. The number of halogens is 1. The molecule has 0 aliphatic heterocycles. The van der Waals surface area contributed by atoms with Crippen molar-refractivity contribution in [2.45, 2.75) is 31.0 Å². The number of rotatable bonds is 3. The van der Waals surface area contributed by atoms with Gasteiger partial charge in [0.05, 0.1) is 0 Å². The molecule has 0 aliphatic rings. The normalized spacial score (nSPS) is 8.58. The molecule has 0 aromatic carbocycles. The van der Waals surface area contributed by atoms with Crippen LogP contribution >= 0.6 is 53.8 Å². The lowest BCUT2D eigenvalue weighted by atomic mass is 10.0. The molecule has 0 unspecified atom stereocenters. The summed E-state index contributed by atoms with van der Waals surface area (Å²) in [6, 6.07) is -0.814. The van der Waals surface area contributed by atoms with Gasteiger partial charge in [0.2, 0.25) is 5.91 Å². The predicted octanol–water partition coefficient (Wildman–Crippen LogP) is 2.92. The molecule has 0 radical (unpaired) electrons. The molecule has 0 aromatic heterocycles. The fraction of sp³-hybridized carbons (Fsp3) is 0.500. The van der Waals surface area contributed by atoms with Crippen molar-refractivity contribution in [3.05, 3.63) is 0 Å². The lowest BCUT2D eigenvalue weighted by molar-refractivity contribution is -0.122. The molecule has 0 fully saturated rings. The number of nitrogens with two attached hydrogens (primary N) is 1. The Bertz CT molecular complexity index is 392. The number of hydrogen-bond acceptors (Lipinski definition) is 5. The minimum Gasteiger partial charge on any atom is -0.473 e. The fourth-order valence-corrected chi connectivity index (χ4v) is 0.894. The average Bonchev–Trinajstić information content (AvgIpc) is 2.34. The van der Waals surface area contributed by atoms with E-state index in [2.05, 4.69) is 53.8 Å². The van der Waals surface area contributed by atoms with Crippen LogP contribution in [0.1, 0.15) is 26.7 Å². The van der Waals surface area contributed by atoms with Crippen molar-refractivity contribution in [2.24, 2.45) is 5.73 Å². The highest BCUT2D eigenvalue weighted by molar-refractivity contribution is 9.10. The first kappa shape index (κ1) is 30.7. The van der Waals surface area contributed by atoms with E-state index in [-0.39, 0.29) is 5.91 Å². The van der Waals surface area contributed by atoms with E-state index in [9.17, 15) is 9.59 Å². The number of imide groups is 1. The van der Waals surface area contributed by atoms with E-state index < -0.39 is 26.3 Å². The molecule has 0 saturated carbocycles. The summed E-state index contributed by atoms with van der Waals surface area (Å²) in [4.78, 5) is 48.2. The van der Waals surface area contributed by atoms with Crippen molar-refractivity contribution in [1.82, 2.24) is 5.32 Å². The lowest BCUT2D eigenvalue weighted by Gasteiger charge is -2.21. The van der Waals surface area contributed by atoms with Crippen LogP contribution in [0.3, 0.4) is 0 Å². The van der Waals surface area contributed by atoms with Gasteiger partial charge in [-0.3, -0.25) is 10.1 Å². The summed E-state index contributed by atoms with van der Waals surface area (Å²) in [7, 11) is 0. The maximum atomic E-state index is 11.3. The smallest absolute Gasteiger partial charge is 0.361 e. The minimum atomic E-state index is -1.14. The van der Waals surface area contributed by atoms with E-state index in [4.69, 9.17) is 35.4 Å². The second-order valence-corrected chi connectivity index (χ2v) is 6.00. The Balaban J connectivity index is -0.000000137. The summed E-state index contributed by atoms with van der Waals surface area (Å²) >= 11 is 11.9. The van der Waals surface area contributed by atoms with Gasteiger partial charge in [-0.1, -0.05) is 67.7 Å². The van der Waals surface area contributed by atoms with Crippen LogP contribution in [0.5, 0.6) is 0 Å². The third kappa shape index (κ3) is 37.3. The summed E-state index contributed by atoms with van der Waals surface area (Å²) in [6.45, 7) is 3.72. The van der Waals surface area contributed by atoms with E-state index in [1.807, 2.05) is 19.2 Å². The highest BCUT2D eigenvalue weighted by atomic mass is 79.9. The number of amides is 3. The number of urea groups is 1. The molecule has 0 aliphatic carbocycles. The van der Waals surface area contributed by atoms with Gasteiger partial charge in [-0.2, -0.15) is 0 Å². The molecular formula is C10H19BrN2O8S3. The Hall–Kier alpha value is -1.12. The van der Waals surface area contributed by atoms with Gasteiger partial charge in [0, 0.05) is 0 Å². The zero-order valence-electron chi connectivity index (χ0n) is 12.6. The van der Waals surface area contributed by atoms with Crippen molar-refractivity contribution in [1.29, 1.82) is 0 Å². The van der Waals surface area contributed by atoms with Gasteiger partial charge >= 0.3 is 21.9 Å². The number of hydrogen-bond donors (Lipinski definition) is 8. The molecule has 0 atom stereocenters. The Morgan fingerprint density at radius 3 is 1.25 bits per heavy atom. The van der Waals surface area contributed by atoms with E-state index >= 15 is 0 Å². The minimum absolute atomic E-state index is 0.375. The molecule has 6 N–H and O–H groups in total. The van der Waals surface area contributed by atoms with Gasteiger partial charge in [-0.15, -0.1) is 0 Å². The Kier molecular flexibility index (Phi) is 23.3. The second kappa shape index (κ2) is 18.2. The molecular weight excluding hydrogens is 452 g/mol. The first-order valence-corrected chi connectivity index (χ1v) is 7.85. The maximum absolute atomic E-state index is 11.3. The van der Waals surface area contributed by atoms with Gasteiger partial charge in [0.15, 0.2) is 0 Å². The fourth-order valence-electron chi connectivity index (χ4n) is 0.795. The SMILES string of the molecule is CCC(Br)(CC)C(=O)NC(N)=O.O=C(O)S.O=C(O)S.O=C(O)S. The number of primary amides is 1. The van der Waals surface area contributed by atoms with Gasteiger partial charge in [0.1, 0.15) is 4.32 Å². The van der Waals surface area contributed by atoms with Crippen LogP contribution < -0.4 is 11.1 Å². The molecule has 0 saturated heterocycles. The van der Waals surface area contributed by atoms with E-state index in [0.717, 1.165) is 0 Å². The summed E-state index contributed by atoms with van der Waals surface area (Å²) in [5.74, 6) is -0.375. The third-order valence-corrected chi connectivity index (χ3v) is 3.25. The molecule has 0 bridgehead atoms. The average molecular weight is 471 g/mol. The van der Waals surface area contributed by atoms with Gasteiger partial charge < -0.3 is 21.1 Å². The first-order valence-electron chi connectivity index (χ1n) is 5.71. The summed E-state index contributed by atoms with van der Waals surface area (Å²) in [5, 5.41) is 20.5. The Morgan fingerprint density at radius 1 is 0.917 bits per heavy atom. The molecule has 0 rings (SSSR count). The van der Waals surface area contributed by atoms with Gasteiger partial charge in [0.25, 0.3) is 0 Å². The van der Waals surface area contributed by atoms with Gasteiger partial charge in [-0.25, -0.2) is 19.2 Å². The van der Waals surface area contributed by atoms with E-state index in [1.165, 1.54) is 0 Å². The Morgan fingerprint density at radius 2 is 1.12 bits per heavy atom. The number of carbonyl (C=O) groups excluding carboxylic acids is 2. The summed E-state index contributed by atoms with van der Waals surface area (Å²) in [6.07, 6.45) is 1.23. The van der Waals surface area contributed by atoms with Crippen LogP contribution in [0.25, 0.3) is 0 Å². The largest absolute Gasteiger partial charge is 0.473 e. The summed E-state index contributed by atoms with van der Waals surface area (Å²) < 4.78 is -0.665. The van der Waals surface area contributed by atoms with Crippen LogP contribution in [-0.2, 0) is 4.79 Å². The molecule has 3 amide bonds. The number of nitrogens with one attached hydrogen (secondary N) is 1. The molecule has 0 spiro atoms. The monoisotopic (exact) mass is 470 g/mol. The zero-order chi connectivity index (χ0) is 20.5. The quantitative estimate of drug-likeness (QED) is 0.228. The highest BCUT2D eigenvalue weighted by Gasteiger charge is 2.32. The molecule has 24 heavy (non-hydrogen) atoms. The molecule has 14 heteroatoms. The third-order valence-electron chi connectivity index (χ3n) is 1.76. The van der Waals surface area contributed by atoms with Crippen molar-refractivity contribution < 1.29 is 39.3 Å². The van der Waals surface area contributed by atoms with Gasteiger partial charge in [-0.05, 0) is 12.8 Å². The second-order valence-electron chi connectivity index (χ2n) is 3.34. The van der Waals surface area contributed by atoms with Crippen LogP contribution in [-0.4, -0.2) is 47.5 Å². The maximum Gasteiger partial charge on any atom is 0.361 e. The lowest BCUT2D eigenvalue weighted by Crippen LogP contribution is -2.46. The standard InChI is InChI=1S/C7H13BrN2O2.3CH2O2S/c1-3-7(8,4-2)5(11)10-6(9)12;3*2-1(3)4/h3-4H2,1-2H3,(H3,9,10,11,12);3*4H,(H,2,3). The highest BCUT2D eigenvalue weighted by Crippen LogP contribution is 2.26. The number of thiol groups is 3. The van der Waals surface area contributed by atoms with Crippen molar-refractivity contribution in [3.8, 4) is 0 Å². The zero-order valence-corrected chi connectivity index (χ0v) is 16.9. The number of carbonyl (C=O) groups is 5. The van der Waals surface area contributed by atoms with Crippen LogP contribution in [0.4, 0.5) is 19.2 Å². The van der Waals surface area contributed by atoms with Crippen molar-refractivity contribution in [2.75, 3.05) is 0 Å². The summed E-state index contributed by atoms with van der Waals surface area (Å²) in [5.41, 5.74) is 4.81. The molecule has 0 heterocycles. The van der Waals surface area contributed by atoms with Crippen molar-refractivity contribution >= 4 is 81.7 Å². The predicted molar refractivity (Wildman–Crippen MR) is 101 cm³/mol. The van der Waals surface area contributed by atoms with E-state index in [0.29, 0.717) is 12.8 Å². The Labute approximate surface area is 162 Å². The number of carboxylic acid groups (broad SMARTS) is 3. The van der Waals surface area contributed by atoms with E-state index in [1.54, 1.807) is 0 Å². The first-order chi connectivity index (χ1) is 10.7. The van der Waals surface area contributed by atoms with Crippen LogP contribution in [0.15, 0.2) is 0 Å². The number of alkyl halides is 1. The van der Waals surface area contributed by atoms with Crippen LogP contribution in [0, 0.1) is 0 Å². The molecule has 10 nitrogen and oxygen atoms in total. The molecule has 142 valence electrons. The van der Waals surface area contributed by atoms with Crippen LogP contribution in [0.2, 0.25) is 0 Å².